The van der Waals surface area contributed by atoms with Gasteiger partial charge in [-0.2, -0.15) is 13.2 Å². The van der Waals surface area contributed by atoms with E-state index in [0.29, 0.717) is 24.8 Å². The molecule has 0 amide bonds. The molecular weight excluding hydrogens is 281 g/mol. The Morgan fingerprint density at radius 2 is 2.00 bits per heavy atom. The molecule has 1 rings (SSSR count). The van der Waals surface area contributed by atoms with Gasteiger partial charge in [0.1, 0.15) is 11.5 Å². The molecule has 0 saturated carbocycles. The highest BCUT2D eigenvalue weighted by molar-refractivity contribution is 5.20. The van der Waals surface area contributed by atoms with E-state index in [1.54, 1.807) is 6.92 Å². The summed E-state index contributed by atoms with van der Waals surface area (Å²) in [6.45, 7) is 8.98. The first-order chi connectivity index (χ1) is 9.71. The first-order valence-electron chi connectivity index (χ1n) is 7.29. The molecular formula is C15H25F3N2O. The molecule has 0 radical (unpaired) electrons. The van der Waals surface area contributed by atoms with Crippen LogP contribution in [0, 0.1) is 12.8 Å². The van der Waals surface area contributed by atoms with Crippen LogP contribution in [-0.2, 0) is 13.1 Å². The topological polar surface area (TPSA) is 28.4 Å². The summed E-state index contributed by atoms with van der Waals surface area (Å²) in [5.74, 6) is 1.91. The van der Waals surface area contributed by atoms with Crippen molar-refractivity contribution in [3.8, 4) is 0 Å². The number of aryl methyl sites for hydroxylation is 1. The molecule has 1 aromatic rings. The highest BCUT2D eigenvalue weighted by Gasteiger charge is 2.30. The van der Waals surface area contributed by atoms with Crippen molar-refractivity contribution in [1.82, 2.24) is 10.2 Å². The van der Waals surface area contributed by atoms with Crippen molar-refractivity contribution in [1.29, 1.82) is 0 Å². The van der Waals surface area contributed by atoms with Gasteiger partial charge < -0.3 is 9.73 Å². The second-order valence-electron chi connectivity index (χ2n) is 5.74. The third kappa shape index (κ3) is 7.00. The summed E-state index contributed by atoms with van der Waals surface area (Å²) < 4.78 is 42.9. The van der Waals surface area contributed by atoms with Crippen LogP contribution in [0.4, 0.5) is 13.2 Å². The molecule has 0 aromatic carbocycles. The second-order valence-corrected chi connectivity index (χ2v) is 5.74. The zero-order chi connectivity index (χ0) is 16.0. The summed E-state index contributed by atoms with van der Waals surface area (Å²) >= 11 is 0. The van der Waals surface area contributed by atoms with Crippen molar-refractivity contribution >= 4 is 0 Å². The van der Waals surface area contributed by atoms with E-state index in [4.69, 9.17) is 4.42 Å². The van der Waals surface area contributed by atoms with E-state index >= 15 is 0 Å². The molecule has 0 aliphatic carbocycles. The lowest BCUT2D eigenvalue weighted by Gasteiger charge is -2.20. The van der Waals surface area contributed by atoms with Crippen LogP contribution in [0.3, 0.4) is 0 Å². The van der Waals surface area contributed by atoms with Gasteiger partial charge in [-0.15, -0.1) is 0 Å². The molecule has 1 N–H and O–H groups in total. The third-order valence-electron chi connectivity index (χ3n) is 3.17. The molecule has 1 heterocycles. The van der Waals surface area contributed by atoms with Crippen LogP contribution in [0.15, 0.2) is 10.5 Å². The Bertz CT molecular complexity index is 427. The summed E-state index contributed by atoms with van der Waals surface area (Å²) in [6.07, 6.45) is -4.18. The van der Waals surface area contributed by atoms with Gasteiger partial charge in [0.15, 0.2) is 0 Å². The van der Waals surface area contributed by atoms with E-state index in [0.717, 1.165) is 17.9 Å². The number of furan rings is 1. The van der Waals surface area contributed by atoms with E-state index in [2.05, 4.69) is 19.2 Å². The van der Waals surface area contributed by atoms with Gasteiger partial charge in [-0.1, -0.05) is 20.8 Å². The molecule has 0 aliphatic rings. The van der Waals surface area contributed by atoms with Crippen molar-refractivity contribution in [2.75, 3.05) is 19.6 Å². The predicted molar refractivity (Wildman–Crippen MR) is 77.0 cm³/mol. The van der Waals surface area contributed by atoms with Gasteiger partial charge in [0.25, 0.3) is 0 Å². The van der Waals surface area contributed by atoms with Crippen molar-refractivity contribution < 1.29 is 17.6 Å². The molecule has 0 unspecified atom stereocenters. The third-order valence-corrected chi connectivity index (χ3v) is 3.17. The van der Waals surface area contributed by atoms with E-state index in [-0.39, 0.29) is 6.54 Å². The average molecular weight is 306 g/mol. The van der Waals surface area contributed by atoms with Gasteiger partial charge >= 0.3 is 6.18 Å². The predicted octanol–water partition coefficient (Wildman–Crippen LogP) is 3.72. The first-order valence-corrected chi connectivity index (χ1v) is 7.29. The molecule has 122 valence electrons. The molecule has 0 aliphatic heterocycles. The van der Waals surface area contributed by atoms with Gasteiger partial charge in [0.05, 0.1) is 13.1 Å². The quantitative estimate of drug-likeness (QED) is 0.793. The van der Waals surface area contributed by atoms with Crippen LogP contribution in [-0.4, -0.2) is 30.7 Å². The molecule has 6 heteroatoms. The maximum atomic E-state index is 12.4. The summed E-state index contributed by atoms with van der Waals surface area (Å²) in [5.41, 5.74) is 1.01. The van der Waals surface area contributed by atoms with Crippen LogP contribution < -0.4 is 5.32 Å². The molecule has 3 nitrogen and oxygen atoms in total. The normalized spacial score (nSPS) is 12.6. The maximum Gasteiger partial charge on any atom is 0.401 e. The van der Waals surface area contributed by atoms with Crippen molar-refractivity contribution in [2.45, 2.75) is 47.0 Å². The lowest BCUT2D eigenvalue weighted by atomic mass is 10.2. The Kier molecular flexibility index (Phi) is 6.74. The highest BCUT2D eigenvalue weighted by atomic mass is 19.4. The maximum absolute atomic E-state index is 12.4. The minimum atomic E-state index is -4.18. The Hall–Kier alpha value is -1.01. The number of nitrogens with one attached hydrogen (secondary N) is 1. The molecule has 1 aromatic heterocycles. The van der Waals surface area contributed by atoms with Gasteiger partial charge in [-0.3, -0.25) is 4.90 Å². The number of alkyl halides is 3. The standard InChI is InChI=1S/C15H25F3N2O/c1-5-20(10-15(16,17)18)9-14-6-13(12(4)21-14)8-19-7-11(2)3/h6,11,19H,5,7-10H2,1-4H3. The minimum absolute atomic E-state index is 0.182. The minimum Gasteiger partial charge on any atom is -0.465 e. The van der Waals surface area contributed by atoms with E-state index < -0.39 is 12.7 Å². The Labute approximate surface area is 124 Å². The van der Waals surface area contributed by atoms with E-state index in [1.807, 2.05) is 13.0 Å². The van der Waals surface area contributed by atoms with Gasteiger partial charge in [0, 0.05) is 12.1 Å². The number of nitrogens with zero attached hydrogens (tertiary/aromatic N) is 1. The Morgan fingerprint density at radius 3 is 2.52 bits per heavy atom. The first kappa shape index (κ1) is 18.0. The highest BCUT2D eigenvalue weighted by Crippen LogP contribution is 2.20. The van der Waals surface area contributed by atoms with Crippen LogP contribution in [0.1, 0.15) is 37.9 Å². The van der Waals surface area contributed by atoms with Crippen molar-refractivity contribution in [3.05, 3.63) is 23.2 Å². The average Bonchev–Trinajstić information content (AvgIpc) is 2.67. The van der Waals surface area contributed by atoms with E-state index in [1.165, 1.54) is 4.90 Å². The largest absolute Gasteiger partial charge is 0.465 e. The molecule has 0 spiro atoms. The SMILES string of the molecule is CCN(Cc1cc(CNCC(C)C)c(C)o1)CC(F)(F)F. The number of halogens is 3. The van der Waals surface area contributed by atoms with Gasteiger partial charge in [-0.25, -0.2) is 0 Å². The second kappa shape index (κ2) is 7.84. The fourth-order valence-corrected chi connectivity index (χ4v) is 2.09. The molecule has 21 heavy (non-hydrogen) atoms. The summed E-state index contributed by atoms with van der Waals surface area (Å²) in [7, 11) is 0. The smallest absolute Gasteiger partial charge is 0.401 e. The summed E-state index contributed by atoms with van der Waals surface area (Å²) in [5, 5.41) is 3.31. The van der Waals surface area contributed by atoms with Crippen LogP contribution in [0.25, 0.3) is 0 Å². The molecule has 0 atom stereocenters. The fourth-order valence-electron chi connectivity index (χ4n) is 2.09. The lowest BCUT2D eigenvalue weighted by Crippen LogP contribution is -2.33. The van der Waals surface area contributed by atoms with Crippen molar-refractivity contribution in [2.24, 2.45) is 5.92 Å². The summed E-state index contributed by atoms with van der Waals surface area (Å²) in [6, 6.07) is 1.85. The lowest BCUT2D eigenvalue weighted by molar-refractivity contribution is -0.147. The molecule has 0 bridgehead atoms. The van der Waals surface area contributed by atoms with Crippen LogP contribution >= 0.6 is 0 Å². The van der Waals surface area contributed by atoms with E-state index in [9.17, 15) is 13.2 Å². The van der Waals surface area contributed by atoms with Gasteiger partial charge in [0.2, 0.25) is 0 Å². The van der Waals surface area contributed by atoms with Crippen molar-refractivity contribution in [3.63, 3.8) is 0 Å². The Morgan fingerprint density at radius 1 is 1.33 bits per heavy atom. The Balaban J connectivity index is 2.59. The summed E-state index contributed by atoms with van der Waals surface area (Å²) in [4.78, 5) is 1.32. The fraction of sp³-hybridized carbons (Fsp3) is 0.733. The zero-order valence-electron chi connectivity index (χ0n) is 13.2. The van der Waals surface area contributed by atoms with Gasteiger partial charge in [-0.05, 0) is 32.0 Å². The van der Waals surface area contributed by atoms with Crippen LogP contribution in [0.5, 0.6) is 0 Å². The number of hydrogen-bond donors (Lipinski definition) is 1. The monoisotopic (exact) mass is 306 g/mol. The molecule has 0 fully saturated rings. The zero-order valence-corrected chi connectivity index (χ0v) is 13.2. The number of rotatable bonds is 8. The number of hydrogen-bond acceptors (Lipinski definition) is 3. The van der Waals surface area contributed by atoms with Crippen LogP contribution in [0.2, 0.25) is 0 Å². The molecule has 0 saturated heterocycles.